The summed E-state index contributed by atoms with van der Waals surface area (Å²) in [5.41, 5.74) is 0. The van der Waals surface area contributed by atoms with Crippen LogP contribution in [0, 0.1) is 0 Å². The first-order chi connectivity index (χ1) is 12.8. The number of hydrogen-bond donors (Lipinski definition) is 0. The van der Waals surface area contributed by atoms with Gasteiger partial charge in [0.1, 0.15) is 0 Å². The fourth-order valence-electron chi connectivity index (χ4n) is 3.41. The van der Waals surface area contributed by atoms with E-state index in [4.69, 9.17) is 4.42 Å². The number of piperidine rings is 2. The molecule has 1 aromatic heterocycles. The SMILES string of the molecule is CC(C)c1nnc(C2CCN(S(=O)(=O)CCN3C(=O)CCCC3=O)CC2)o1. The lowest BCUT2D eigenvalue weighted by molar-refractivity contribution is -0.147. The zero-order valence-electron chi connectivity index (χ0n) is 15.8. The first-order valence-corrected chi connectivity index (χ1v) is 11.0. The minimum Gasteiger partial charge on any atom is -0.425 e. The van der Waals surface area contributed by atoms with Gasteiger partial charge in [-0.05, 0) is 19.3 Å². The van der Waals surface area contributed by atoms with E-state index in [-0.39, 0.29) is 35.9 Å². The monoisotopic (exact) mass is 398 g/mol. The van der Waals surface area contributed by atoms with Crippen LogP contribution in [-0.2, 0) is 19.6 Å². The molecule has 0 aromatic carbocycles. The molecule has 0 saturated carbocycles. The van der Waals surface area contributed by atoms with Gasteiger partial charge < -0.3 is 4.42 Å². The van der Waals surface area contributed by atoms with Crippen molar-refractivity contribution in [2.75, 3.05) is 25.4 Å². The molecule has 3 rings (SSSR count). The Kier molecular flexibility index (Phi) is 5.95. The van der Waals surface area contributed by atoms with Crippen molar-refractivity contribution in [2.24, 2.45) is 0 Å². The summed E-state index contributed by atoms with van der Waals surface area (Å²) in [5.74, 6) is 0.590. The second kappa shape index (κ2) is 8.05. The first kappa shape index (κ1) is 19.9. The van der Waals surface area contributed by atoms with Crippen molar-refractivity contribution in [2.45, 2.75) is 57.8 Å². The molecule has 1 aromatic rings. The molecule has 2 saturated heterocycles. The van der Waals surface area contributed by atoms with E-state index in [1.54, 1.807) is 0 Å². The summed E-state index contributed by atoms with van der Waals surface area (Å²) in [6.45, 7) is 4.62. The highest BCUT2D eigenvalue weighted by atomic mass is 32.2. The maximum atomic E-state index is 12.6. The molecule has 0 bridgehead atoms. The molecule has 2 aliphatic rings. The Balaban J connectivity index is 1.54. The number of rotatable bonds is 6. The summed E-state index contributed by atoms with van der Waals surface area (Å²) in [7, 11) is -3.52. The maximum absolute atomic E-state index is 12.6. The molecule has 0 radical (unpaired) electrons. The molecule has 2 aliphatic heterocycles. The molecular formula is C17H26N4O5S. The first-order valence-electron chi connectivity index (χ1n) is 9.42. The number of likely N-dealkylation sites (tertiary alicyclic amines) is 1. The molecule has 9 nitrogen and oxygen atoms in total. The normalized spacial score (nSPS) is 20.6. The van der Waals surface area contributed by atoms with Gasteiger partial charge in [-0.1, -0.05) is 13.8 Å². The Labute approximate surface area is 159 Å². The highest BCUT2D eigenvalue weighted by Crippen LogP contribution is 2.29. The van der Waals surface area contributed by atoms with E-state index in [0.29, 0.717) is 57.0 Å². The lowest BCUT2D eigenvalue weighted by Gasteiger charge is -2.31. The molecule has 3 heterocycles. The van der Waals surface area contributed by atoms with Crippen LogP contribution < -0.4 is 0 Å². The summed E-state index contributed by atoms with van der Waals surface area (Å²) >= 11 is 0. The molecule has 0 N–H and O–H groups in total. The fourth-order valence-corrected chi connectivity index (χ4v) is 4.85. The van der Waals surface area contributed by atoms with Gasteiger partial charge in [-0.25, -0.2) is 12.7 Å². The molecule has 0 unspecified atom stereocenters. The number of sulfonamides is 1. The lowest BCUT2D eigenvalue weighted by atomic mass is 9.98. The number of imide groups is 1. The number of amides is 2. The Morgan fingerprint density at radius 3 is 2.30 bits per heavy atom. The highest BCUT2D eigenvalue weighted by Gasteiger charge is 2.33. The minimum absolute atomic E-state index is 0.0571. The van der Waals surface area contributed by atoms with E-state index >= 15 is 0 Å². The number of aromatic nitrogens is 2. The molecule has 150 valence electrons. The zero-order chi connectivity index (χ0) is 19.6. The van der Waals surface area contributed by atoms with Crippen LogP contribution in [0.4, 0.5) is 0 Å². The second-order valence-electron chi connectivity index (χ2n) is 7.42. The van der Waals surface area contributed by atoms with Crippen molar-refractivity contribution in [1.29, 1.82) is 0 Å². The second-order valence-corrected chi connectivity index (χ2v) is 9.50. The van der Waals surface area contributed by atoms with E-state index in [1.165, 1.54) is 4.31 Å². The Hall–Kier alpha value is -1.81. The third-order valence-electron chi connectivity index (χ3n) is 5.10. The molecule has 0 aliphatic carbocycles. The molecule has 10 heteroatoms. The van der Waals surface area contributed by atoms with E-state index in [2.05, 4.69) is 10.2 Å². The third kappa shape index (κ3) is 4.55. The Morgan fingerprint density at radius 1 is 1.11 bits per heavy atom. The van der Waals surface area contributed by atoms with E-state index in [9.17, 15) is 18.0 Å². The average Bonchev–Trinajstić information content (AvgIpc) is 3.12. The van der Waals surface area contributed by atoms with Gasteiger partial charge in [-0.3, -0.25) is 14.5 Å². The standard InChI is InChI=1S/C17H26N4O5S/c1-12(2)16-18-19-17(26-16)13-6-8-20(9-7-13)27(24,25)11-10-21-14(22)4-3-5-15(21)23/h12-13H,3-11H2,1-2H3. The smallest absolute Gasteiger partial charge is 0.229 e. The van der Waals surface area contributed by atoms with Gasteiger partial charge in [0.15, 0.2) is 0 Å². The predicted octanol–water partition coefficient (Wildman–Crippen LogP) is 1.24. The summed E-state index contributed by atoms with van der Waals surface area (Å²) in [5, 5.41) is 8.13. The molecule has 2 fully saturated rings. The summed E-state index contributed by atoms with van der Waals surface area (Å²) in [6, 6.07) is 0. The molecular weight excluding hydrogens is 372 g/mol. The van der Waals surface area contributed by atoms with Crippen LogP contribution >= 0.6 is 0 Å². The maximum Gasteiger partial charge on any atom is 0.229 e. The highest BCUT2D eigenvalue weighted by molar-refractivity contribution is 7.89. The van der Waals surface area contributed by atoms with Crippen molar-refractivity contribution < 1.29 is 22.4 Å². The van der Waals surface area contributed by atoms with Crippen LogP contribution in [-0.4, -0.2) is 65.0 Å². The van der Waals surface area contributed by atoms with Crippen LogP contribution in [0.2, 0.25) is 0 Å². The van der Waals surface area contributed by atoms with Crippen LogP contribution in [0.3, 0.4) is 0 Å². The lowest BCUT2D eigenvalue weighted by Crippen LogP contribution is -2.46. The van der Waals surface area contributed by atoms with Gasteiger partial charge >= 0.3 is 0 Å². The van der Waals surface area contributed by atoms with E-state index < -0.39 is 10.0 Å². The van der Waals surface area contributed by atoms with Crippen molar-refractivity contribution in [3.05, 3.63) is 11.8 Å². The number of carbonyl (C=O) groups excluding carboxylic acids is 2. The van der Waals surface area contributed by atoms with E-state index in [0.717, 1.165) is 4.90 Å². The Bertz CT molecular complexity index is 780. The quantitative estimate of drug-likeness (QED) is 0.662. The topological polar surface area (TPSA) is 114 Å². The van der Waals surface area contributed by atoms with E-state index in [1.807, 2.05) is 13.8 Å². The fraction of sp³-hybridized carbons (Fsp3) is 0.765. The molecule has 2 amide bonds. The van der Waals surface area contributed by atoms with Crippen LogP contribution in [0.5, 0.6) is 0 Å². The van der Waals surface area contributed by atoms with Crippen molar-refractivity contribution in [3.8, 4) is 0 Å². The minimum atomic E-state index is -3.52. The summed E-state index contributed by atoms with van der Waals surface area (Å²) in [4.78, 5) is 24.7. The molecule has 0 spiro atoms. The molecule has 27 heavy (non-hydrogen) atoms. The number of carbonyl (C=O) groups is 2. The predicted molar refractivity (Wildman–Crippen MR) is 96.3 cm³/mol. The van der Waals surface area contributed by atoms with Crippen LogP contribution in [0.15, 0.2) is 4.42 Å². The number of hydrogen-bond acceptors (Lipinski definition) is 7. The summed E-state index contributed by atoms with van der Waals surface area (Å²) in [6.07, 6.45) is 2.38. The van der Waals surface area contributed by atoms with Crippen molar-refractivity contribution in [3.63, 3.8) is 0 Å². The third-order valence-corrected chi connectivity index (χ3v) is 6.95. The average molecular weight is 398 g/mol. The van der Waals surface area contributed by atoms with Gasteiger partial charge in [-0.2, -0.15) is 0 Å². The largest absolute Gasteiger partial charge is 0.425 e. The number of nitrogens with zero attached hydrogens (tertiary/aromatic N) is 4. The van der Waals surface area contributed by atoms with Crippen LogP contribution in [0.1, 0.15) is 69.6 Å². The van der Waals surface area contributed by atoms with Crippen molar-refractivity contribution in [1.82, 2.24) is 19.4 Å². The zero-order valence-corrected chi connectivity index (χ0v) is 16.6. The van der Waals surface area contributed by atoms with Gasteiger partial charge in [-0.15, -0.1) is 10.2 Å². The van der Waals surface area contributed by atoms with Gasteiger partial charge in [0, 0.05) is 44.3 Å². The summed E-state index contributed by atoms with van der Waals surface area (Å²) < 4.78 is 32.3. The van der Waals surface area contributed by atoms with Gasteiger partial charge in [0.25, 0.3) is 0 Å². The molecule has 0 atom stereocenters. The van der Waals surface area contributed by atoms with Crippen molar-refractivity contribution >= 4 is 21.8 Å². The van der Waals surface area contributed by atoms with Gasteiger partial charge in [0.2, 0.25) is 33.6 Å². The van der Waals surface area contributed by atoms with Crippen LogP contribution in [0.25, 0.3) is 0 Å². The Morgan fingerprint density at radius 2 is 1.74 bits per heavy atom. The van der Waals surface area contributed by atoms with Gasteiger partial charge in [0.05, 0.1) is 5.75 Å².